The van der Waals surface area contributed by atoms with Crippen molar-refractivity contribution in [3.05, 3.63) is 0 Å². The summed E-state index contributed by atoms with van der Waals surface area (Å²) in [6, 6.07) is 0. The van der Waals surface area contributed by atoms with Gasteiger partial charge in [0.2, 0.25) is 0 Å². The molecule has 3 aliphatic heterocycles. The quantitative estimate of drug-likeness (QED) is 0.777. The van der Waals surface area contributed by atoms with Gasteiger partial charge < -0.3 is 0 Å². The van der Waals surface area contributed by atoms with E-state index in [2.05, 4.69) is 14.0 Å². The van der Waals surface area contributed by atoms with Crippen molar-refractivity contribution >= 4 is 15.8 Å². The highest BCUT2D eigenvalue weighted by Crippen LogP contribution is 2.77. The first-order valence-electron chi connectivity index (χ1n) is 7.91. The van der Waals surface area contributed by atoms with Crippen molar-refractivity contribution in [2.45, 2.75) is 38.5 Å². The Balaban J connectivity index is 1.96. The van der Waals surface area contributed by atoms with E-state index in [4.69, 9.17) is 4.31 Å². The molecule has 0 radical (unpaired) electrons. The molecular formula is C12H25FN3O3P2+. The van der Waals surface area contributed by atoms with E-state index >= 15 is 0 Å². The van der Waals surface area contributed by atoms with Crippen molar-refractivity contribution in [1.29, 1.82) is 0 Å². The summed E-state index contributed by atoms with van der Waals surface area (Å²) in [5.41, 5.74) is 0. The number of nitrogens with zero attached hydrogens (tertiary/aromatic N) is 3. The maximum Gasteiger partial charge on any atom is 0.549 e. The van der Waals surface area contributed by atoms with Crippen LogP contribution in [-0.2, 0) is 8.88 Å². The Morgan fingerprint density at radius 3 is 1.33 bits per heavy atom. The molecule has 0 aromatic carbocycles. The van der Waals surface area contributed by atoms with Crippen LogP contribution in [0.5, 0.6) is 0 Å². The number of rotatable bonds is 5. The second kappa shape index (κ2) is 6.48. The highest BCUT2D eigenvalue weighted by molar-refractivity contribution is 7.71. The first-order valence-corrected chi connectivity index (χ1v) is 10.9. The van der Waals surface area contributed by atoms with Crippen LogP contribution in [0.2, 0.25) is 0 Å². The lowest BCUT2D eigenvalue weighted by Gasteiger charge is -2.40. The largest absolute Gasteiger partial charge is 0.549 e. The average Bonchev–Trinajstić information content (AvgIpc) is 3.15. The molecule has 1 N–H and O–H groups in total. The Bertz CT molecular complexity index is 364. The van der Waals surface area contributed by atoms with Crippen LogP contribution in [0, 0.1) is 0 Å². The van der Waals surface area contributed by atoms with Gasteiger partial charge in [0.15, 0.2) is 0 Å². The van der Waals surface area contributed by atoms with Crippen molar-refractivity contribution in [2.75, 3.05) is 39.3 Å². The summed E-state index contributed by atoms with van der Waals surface area (Å²) in [4.78, 5) is 9.35. The van der Waals surface area contributed by atoms with E-state index < -0.39 is 15.8 Å². The molecule has 0 amide bonds. The molecule has 3 saturated heterocycles. The van der Waals surface area contributed by atoms with Gasteiger partial charge in [-0.3, -0.25) is 4.89 Å². The van der Waals surface area contributed by atoms with E-state index in [-0.39, 0.29) is 0 Å². The average molecular weight is 340 g/mol. The van der Waals surface area contributed by atoms with E-state index in [9.17, 15) is 13.7 Å². The Hall–Kier alpha value is 0.390. The Morgan fingerprint density at radius 2 is 1.10 bits per heavy atom. The van der Waals surface area contributed by atoms with Crippen LogP contribution in [0.1, 0.15) is 38.5 Å². The predicted molar refractivity (Wildman–Crippen MR) is 81.4 cm³/mol. The van der Waals surface area contributed by atoms with Crippen LogP contribution >= 0.6 is 15.8 Å². The fourth-order valence-electron chi connectivity index (χ4n) is 3.71. The molecule has 21 heavy (non-hydrogen) atoms. The standard InChI is InChI=1S/C12H24FN3O3P2/c13-20(17,18)19-21(14-7-1-2-8-14,15-9-3-4-10-15)16-11-5-6-12-16/h1-12H2/p+1. The van der Waals surface area contributed by atoms with E-state index in [1.54, 1.807) is 0 Å². The number of hydrogen-bond donors (Lipinski definition) is 1. The zero-order valence-corrected chi connectivity index (χ0v) is 14.2. The predicted octanol–water partition coefficient (Wildman–Crippen LogP) is 3.04. The first-order chi connectivity index (χ1) is 10.0. The summed E-state index contributed by atoms with van der Waals surface area (Å²) < 4.78 is 37.1. The Kier molecular flexibility index (Phi) is 5.02. The highest BCUT2D eigenvalue weighted by atomic mass is 31.3. The second-order valence-electron chi connectivity index (χ2n) is 6.03. The van der Waals surface area contributed by atoms with Crippen LogP contribution < -0.4 is 0 Å². The van der Waals surface area contributed by atoms with Crippen LogP contribution in [-0.4, -0.2) is 58.2 Å². The molecule has 0 bridgehead atoms. The van der Waals surface area contributed by atoms with Gasteiger partial charge in [0.1, 0.15) is 0 Å². The van der Waals surface area contributed by atoms with Crippen molar-refractivity contribution in [3.8, 4) is 0 Å². The molecule has 9 heteroatoms. The SMILES string of the molecule is O=P(O)(F)O[P+](N1CCCC1)(N1CCCC1)N1CCCC1. The van der Waals surface area contributed by atoms with Gasteiger partial charge in [0.25, 0.3) is 0 Å². The third-order valence-corrected chi connectivity index (χ3v) is 9.66. The van der Waals surface area contributed by atoms with Crippen molar-refractivity contribution < 1.29 is 18.0 Å². The molecule has 3 fully saturated rings. The molecule has 122 valence electrons. The third-order valence-electron chi connectivity index (χ3n) is 4.56. The van der Waals surface area contributed by atoms with Crippen LogP contribution in [0.25, 0.3) is 0 Å². The Labute approximate surface area is 126 Å². The summed E-state index contributed by atoms with van der Waals surface area (Å²) in [5, 5.41) is 0. The van der Waals surface area contributed by atoms with E-state index in [1.165, 1.54) is 0 Å². The van der Waals surface area contributed by atoms with Gasteiger partial charge in [-0.2, -0.15) is 0 Å². The zero-order valence-electron chi connectivity index (χ0n) is 12.4. The summed E-state index contributed by atoms with van der Waals surface area (Å²) in [5.74, 6) is 0. The van der Waals surface area contributed by atoms with Gasteiger partial charge in [-0.05, 0) is 38.5 Å². The van der Waals surface area contributed by atoms with E-state index in [0.29, 0.717) is 0 Å². The fourth-order valence-corrected chi connectivity index (χ4v) is 9.51. The van der Waals surface area contributed by atoms with E-state index in [0.717, 1.165) is 77.8 Å². The molecule has 0 aliphatic carbocycles. The molecule has 3 aliphatic rings. The molecule has 1 atom stereocenters. The van der Waals surface area contributed by atoms with Gasteiger partial charge >= 0.3 is 15.8 Å². The second-order valence-corrected chi connectivity index (χ2v) is 10.3. The highest BCUT2D eigenvalue weighted by Gasteiger charge is 2.64. The minimum atomic E-state index is -5.02. The summed E-state index contributed by atoms with van der Waals surface area (Å²) in [6.07, 6.45) is 6.30. The summed E-state index contributed by atoms with van der Waals surface area (Å²) in [7, 11) is -7.67. The molecule has 0 aromatic rings. The maximum atomic E-state index is 13.7. The van der Waals surface area contributed by atoms with Crippen molar-refractivity contribution in [1.82, 2.24) is 14.0 Å². The zero-order chi connectivity index (χ0) is 14.9. The molecular weight excluding hydrogens is 315 g/mol. The normalized spacial score (nSPS) is 29.2. The number of hydrogen-bond acceptors (Lipinski definition) is 5. The lowest BCUT2D eigenvalue weighted by Crippen LogP contribution is -2.43. The third kappa shape index (κ3) is 3.35. The van der Waals surface area contributed by atoms with Gasteiger partial charge in [-0.25, -0.2) is 4.57 Å². The van der Waals surface area contributed by atoms with Gasteiger partial charge in [0.05, 0.1) is 0 Å². The lowest BCUT2D eigenvalue weighted by atomic mass is 10.4. The van der Waals surface area contributed by atoms with Crippen LogP contribution in [0.3, 0.4) is 0 Å². The minimum absolute atomic E-state index is 0.834. The van der Waals surface area contributed by atoms with Gasteiger partial charge in [-0.1, -0.05) is 4.31 Å². The monoisotopic (exact) mass is 340 g/mol. The topological polar surface area (TPSA) is 56.3 Å². The molecule has 0 saturated carbocycles. The van der Waals surface area contributed by atoms with Gasteiger partial charge in [0, 0.05) is 39.3 Å². The van der Waals surface area contributed by atoms with Crippen LogP contribution in [0.15, 0.2) is 0 Å². The molecule has 6 nitrogen and oxygen atoms in total. The summed E-state index contributed by atoms with van der Waals surface area (Å²) >= 11 is 0. The minimum Gasteiger partial charge on any atom is -0.297 e. The van der Waals surface area contributed by atoms with Crippen molar-refractivity contribution in [3.63, 3.8) is 0 Å². The molecule has 3 heterocycles. The molecule has 0 spiro atoms. The van der Waals surface area contributed by atoms with Gasteiger partial charge in [-0.15, -0.1) is 18.2 Å². The number of halogens is 1. The smallest absolute Gasteiger partial charge is 0.297 e. The first kappa shape index (κ1) is 16.3. The lowest BCUT2D eigenvalue weighted by molar-refractivity contribution is 0.254. The molecule has 3 rings (SSSR count). The molecule has 1 unspecified atom stereocenters. The van der Waals surface area contributed by atoms with Crippen molar-refractivity contribution in [2.24, 2.45) is 0 Å². The van der Waals surface area contributed by atoms with E-state index in [1.807, 2.05) is 0 Å². The summed E-state index contributed by atoms with van der Waals surface area (Å²) in [6.45, 7) is 5.00. The van der Waals surface area contributed by atoms with Crippen LogP contribution in [0.4, 0.5) is 4.20 Å². The fraction of sp³-hybridized carbons (Fsp3) is 1.00. The Morgan fingerprint density at radius 1 is 0.810 bits per heavy atom. The molecule has 0 aromatic heterocycles. The maximum absolute atomic E-state index is 13.7.